The SMILES string of the molecule is CCCC[C@H](C)C[C@H](O)/C=C/[C@@H]1[C@H]2CC(CSCCCN(C(C)C)C(C)C)=C[C@H]2C[C@H]1O. The Kier molecular flexibility index (Phi) is 12.4. The van der Waals surface area contributed by atoms with Gasteiger partial charge in [0.15, 0.2) is 0 Å². The van der Waals surface area contributed by atoms with Gasteiger partial charge in [0.25, 0.3) is 0 Å². The van der Waals surface area contributed by atoms with Gasteiger partial charge in [-0.25, -0.2) is 0 Å². The summed E-state index contributed by atoms with van der Waals surface area (Å²) < 4.78 is 0. The second kappa shape index (κ2) is 14.2. The normalized spacial score (nSPS) is 27.7. The summed E-state index contributed by atoms with van der Waals surface area (Å²) in [4.78, 5) is 2.58. The third kappa shape index (κ3) is 8.81. The molecule has 0 aliphatic heterocycles. The van der Waals surface area contributed by atoms with Gasteiger partial charge in [-0.15, -0.1) is 0 Å². The Morgan fingerprint density at radius 1 is 1.16 bits per heavy atom. The highest BCUT2D eigenvalue weighted by Gasteiger charge is 2.43. The first-order chi connectivity index (χ1) is 15.2. The summed E-state index contributed by atoms with van der Waals surface area (Å²) in [6.45, 7) is 14.8. The quantitative estimate of drug-likeness (QED) is 0.220. The Bertz CT molecular complexity index is 580. The first-order valence-electron chi connectivity index (χ1n) is 13.3. The second-order valence-corrected chi connectivity index (χ2v) is 12.1. The Hall–Kier alpha value is -0.290. The van der Waals surface area contributed by atoms with E-state index in [1.54, 1.807) is 5.57 Å². The summed E-state index contributed by atoms with van der Waals surface area (Å²) >= 11 is 2.07. The first-order valence-corrected chi connectivity index (χ1v) is 14.5. The van der Waals surface area contributed by atoms with Gasteiger partial charge in [-0.3, -0.25) is 4.90 Å². The zero-order chi connectivity index (χ0) is 23.7. The van der Waals surface area contributed by atoms with Crippen LogP contribution in [0.4, 0.5) is 0 Å². The van der Waals surface area contributed by atoms with Crippen molar-refractivity contribution in [1.29, 1.82) is 0 Å². The molecular weight excluding hydrogens is 414 g/mol. The molecule has 3 nitrogen and oxygen atoms in total. The minimum absolute atomic E-state index is 0.199. The van der Waals surface area contributed by atoms with E-state index in [-0.39, 0.29) is 18.1 Å². The van der Waals surface area contributed by atoms with Crippen molar-refractivity contribution in [3.63, 3.8) is 0 Å². The van der Waals surface area contributed by atoms with E-state index >= 15 is 0 Å². The van der Waals surface area contributed by atoms with Crippen LogP contribution in [0.2, 0.25) is 0 Å². The van der Waals surface area contributed by atoms with Gasteiger partial charge in [0.1, 0.15) is 0 Å². The van der Waals surface area contributed by atoms with Crippen LogP contribution < -0.4 is 0 Å². The van der Waals surface area contributed by atoms with Crippen LogP contribution in [0.15, 0.2) is 23.8 Å². The van der Waals surface area contributed by atoms with Gasteiger partial charge in [-0.2, -0.15) is 11.8 Å². The summed E-state index contributed by atoms with van der Waals surface area (Å²) in [6.07, 6.45) is 13.7. The minimum atomic E-state index is -0.381. The number of hydrogen-bond acceptors (Lipinski definition) is 4. The lowest BCUT2D eigenvalue weighted by atomic mass is 9.88. The highest BCUT2D eigenvalue weighted by atomic mass is 32.2. The Balaban J connectivity index is 1.73. The second-order valence-electron chi connectivity index (χ2n) is 11.0. The molecule has 1 fully saturated rings. The molecule has 0 aromatic rings. The van der Waals surface area contributed by atoms with E-state index in [4.69, 9.17) is 0 Å². The molecule has 0 unspecified atom stereocenters. The number of aliphatic hydroxyl groups is 2. The van der Waals surface area contributed by atoms with Gasteiger partial charge >= 0.3 is 0 Å². The van der Waals surface area contributed by atoms with Gasteiger partial charge < -0.3 is 10.2 Å². The van der Waals surface area contributed by atoms with E-state index in [9.17, 15) is 10.2 Å². The van der Waals surface area contributed by atoms with Crippen molar-refractivity contribution in [2.75, 3.05) is 18.1 Å². The van der Waals surface area contributed by atoms with Crippen LogP contribution in [0.25, 0.3) is 0 Å². The molecule has 0 saturated heterocycles. The maximum atomic E-state index is 10.6. The fourth-order valence-corrected chi connectivity index (χ4v) is 6.75. The molecule has 0 heterocycles. The highest BCUT2D eigenvalue weighted by Crippen LogP contribution is 2.47. The standard InChI is InChI=1S/C28H51NO2S/c1-7-8-10-22(6)15-25(30)11-12-26-27-17-23(16-24(27)18-28(26)31)19-32-14-9-13-29(20(2)3)21(4)5/h11-12,16,20-22,24-28,30-31H,7-10,13-15,17-19H2,1-6H3/b12-11+/t22-,24-,25+,26+,27-,28+/m0/s1. The monoisotopic (exact) mass is 465 g/mol. The zero-order valence-electron chi connectivity index (χ0n) is 21.7. The van der Waals surface area contributed by atoms with Gasteiger partial charge in [0.05, 0.1) is 12.2 Å². The van der Waals surface area contributed by atoms with Crippen LogP contribution in [0.5, 0.6) is 0 Å². The van der Waals surface area contributed by atoms with E-state index in [1.807, 2.05) is 6.08 Å². The van der Waals surface area contributed by atoms with E-state index in [1.165, 1.54) is 38.0 Å². The fourth-order valence-electron chi connectivity index (χ4n) is 5.80. The smallest absolute Gasteiger partial charge is 0.0723 e. The van der Waals surface area contributed by atoms with E-state index in [0.29, 0.717) is 29.8 Å². The van der Waals surface area contributed by atoms with E-state index < -0.39 is 0 Å². The number of aliphatic hydroxyl groups excluding tert-OH is 2. The van der Waals surface area contributed by atoms with Crippen molar-refractivity contribution in [1.82, 2.24) is 4.90 Å². The summed E-state index contributed by atoms with van der Waals surface area (Å²) in [6, 6.07) is 1.23. The van der Waals surface area contributed by atoms with Gasteiger partial charge in [0.2, 0.25) is 0 Å². The van der Waals surface area contributed by atoms with Crippen molar-refractivity contribution in [3.8, 4) is 0 Å². The molecule has 186 valence electrons. The average molecular weight is 466 g/mol. The Morgan fingerprint density at radius 3 is 2.53 bits per heavy atom. The zero-order valence-corrected chi connectivity index (χ0v) is 22.5. The number of thioether (sulfide) groups is 1. The number of nitrogens with zero attached hydrogens (tertiary/aromatic N) is 1. The molecule has 0 amide bonds. The van der Waals surface area contributed by atoms with Crippen molar-refractivity contribution >= 4 is 11.8 Å². The van der Waals surface area contributed by atoms with Gasteiger partial charge in [-0.1, -0.05) is 56.9 Å². The molecule has 2 rings (SSSR count). The van der Waals surface area contributed by atoms with Gasteiger partial charge in [-0.05, 0) is 83.4 Å². The lowest BCUT2D eigenvalue weighted by Crippen LogP contribution is -2.37. The third-order valence-corrected chi connectivity index (χ3v) is 8.67. The maximum Gasteiger partial charge on any atom is 0.0723 e. The molecule has 2 N–H and O–H groups in total. The maximum absolute atomic E-state index is 10.6. The van der Waals surface area contributed by atoms with Crippen LogP contribution in [0, 0.1) is 23.7 Å². The van der Waals surface area contributed by atoms with Crippen LogP contribution >= 0.6 is 11.8 Å². The summed E-state index contributed by atoms with van der Waals surface area (Å²) in [5.74, 6) is 4.16. The van der Waals surface area contributed by atoms with Crippen LogP contribution in [-0.2, 0) is 0 Å². The topological polar surface area (TPSA) is 43.7 Å². The summed E-state index contributed by atoms with van der Waals surface area (Å²) in [7, 11) is 0. The molecule has 0 aromatic heterocycles. The van der Waals surface area contributed by atoms with Gasteiger partial charge in [0, 0.05) is 23.8 Å². The molecule has 4 heteroatoms. The van der Waals surface area contributed by atoms with Crippen molar-refractivity contribution in [2.24, 2.45) is 23.7 Å². The molecule has 1 saturated carbocycles. The molecule has 2 aliphatic carbocycles. The molecule has 0 spiro atoms. The number of hydrogen-bond donors (Lipinski definition) is 2. The number of fused-ring (bicyclic) bond motifs is 1. The van der Waals surface area contributed by atoms with Crippen molar-refractivity contribution in [2.45, 2.75) is 111 Å². The largest absolute Gasteiger partial charge is 0.392 e. The Morgan fingerprint density at radius 2 is 1.88 bits per heavy atom. The minimum Gasteiger partial charge on any atom is -0.392 e. The summed E-state index contributed by atoms with van der Waals surface area (Å²) in [5, 5.41) is 21.1. The molecule has 32 heavy (non-hydrogen) atoms. The first kappa shape index (κ1) is 28.0. The average Bonchev–Trinajstić information content (AvgIpc) is 3.23. The molecule has 0 radical (unpaired) electrons. The molecular formula is C28H51NO2S. The Labute approximate surface area is 203 Å². The van der Waals surface area contributed by atoms with E-state index in [0.717, 1.165) is 25.0 Å². The number of unbranched alkanes of at least 4 members (excludes halogenated alkanes) is 1. The van der Waals surface area contributed by atoms with Crippen LogP contribution in [0.3, 0.4) is 0 Å². The number of allylic oxidation sites excluding steroid dienone is 1. The molecule has 0 aromatic carbocycles. The summed E-state index contributed by atoms with van der Waals surface area (Å²) in [5.41, 5.74) is 1.58. The molecule has 2 aliphatic rings. The lowest BCUT2D eigenvalue weighted by Gasteiger charge is -2.30. The molecule has 6 atom stereocenters. The van der Waals surface area contributed by atoms with Crippen molar-refractivity contribution in [3.05, 3.63) is 23.8 Å². The van der Waals surface area contributed by atoms with Crippen LogP contribution in [0.1, 0.15) is 86.5 Å². The predicted molar refractivity (Wildman–Crippen MR) is 141 cm³/mol. The highest BCUT2D eigenvalue weighted by molar-refractivity contribution is 7.99. The number of rotatable bonds is 15. The molecule has 0 bridgehead atoms. The third-order valence-electron chi connectivity index (χ3n) is 7.52. The fraction of sp³-hybridized carbons (Fsp3) is 0.857. The lowest BCUT2D eigenvalue weighted by molar-refractivity contribution is 0.139. The van der Waals surface area contributed by atoms with Crippen LogP contribution in [-0.4, -0.2) is 57.5 Å². The predicted octanol–water partition coefficient (Wildman–Crippen LogP) is 6.31. The van der Waals surface area contributed by atoms with Crippen molar-refractivity contribution < 1.29 is 10.2 Å². The van der Waals surface area contributed by atoms with E-state index in [2.05, 4.69) is 70.4 Å².